The van der Waals surface area contributed by atoms with E-state index < -0.39 is 5.41 Å². The number of nitrogens with zero attached hydrogens (tertiary/aromatic N) is 3. The molecule has 3 aliphatic rings. The number of carbonyl (C=O) groups excluding carboxylic acids is 2. The number of piperidine rings is 1. The molecular formula is C30H37N3O3. The number of hydrogen-bond acceptors (Lipinski definition) is 3. The average molecular weight is 488 g/mol. The minimum Gasteiger partial charge on any atom is -0.512 e. The van der Waals surface area contributed by atoms with Crippen LogP contribution in [-0.4, -0.2) is 47.6 Å². The molecule has 0 radical (unpaired) electrons. The van der Waals surface area contributed by atoms with Crippen molar-refractivity contribution >= 4 is 23.3 Å². The van der Waals surface area contributed by atoms with Gasteiger partial charge in [0.2, 0.25) is 5.91 Å². The Hall–Kier alpha value is -3.28. The molecular weight excluding hydrogens is 450 g/mol. The van der Waals surface area contributed by atoms with E-state index in [2.05, 4.69) is 12.6 Å². The first-order valence-electron chi connectivity index (χ1n) is 13.4. The van der Waals surface area contributed by atoms with Gasteiger partial charge in [-0.3, -0.25) is 9.69 Å². The molecule has 190 valence electrons. The van der Waals surface area contributed by atoms with Crippen molar-refractivity contribution in [2.75, 3.05) is 29.4 Å². The maximum atomic E-state index is 13.9. The number of para-hydroxylation sites is 2. The van der Waals surface area contributed by atoms with Gasteiger partial charge < -0.3 is 14.9 Å². The highest BCUT2D eigenvalue weighted by Crippen LogP contribution is 2.42. The molecule has 1 aliphatic carbocycles. The molecule has 1 saturated carbocycles. The van der Waals surface area contributed by atoms with Crippen LogP contribution in [0.1, 0.15) is 56.9 Å². The van der Waals surface area contributed by atoms with Crippen molar-refractivity contribution in [1.82, 2.24) is 4.90 Å². The van der Waals surface area contributed by atoms with Gasteiger partial charge in [0, 0.05) is 48.9 Å². The Kier molecular flexibility index (Phi) is 7.04. The Morgan fingerprint density at radius 1 is 0.944 bits per heavy atom. The molecule has 2 aromatic carbocycles. The Morgan fingerprint density at radius 2 is 1.61 bits per heavy atom. The quantitative estimate of drug-likeness (QED) is 0.520. The van der Waals surface area contributed by atoms with Crippen LogP contribution in [0, 0.1) is 5.41 Å². The largest absolute Gasteiger partial charge is 0.512 e. The number of aliphatic hydroxyl groups is 1. The van der Waals surface area contributed by atoms with Gasteiger partial charge >= 0.3 is 6.03 Å². The maximum Gasteiger partial charge on any atom is 0.324 e. The van der Waals surface area contributed by atoms with Gasteiger partial charge in [-0.1, -0.05) is 62.2 Å². The summed E-state index contributed by atoms with van der Waals surface area (Å²) < 4.78 is 0. The molecule has 0 unspecified atom stereocenters. The van der Waals surface area contributed by atoms with E-state index in [1.54, 1.807) is 0 Å². The van der Waals surface area contributed by atoms with Gasteiger partial charge in [-0.05, 0) is 55.9 Å². The summed E-state index contributed by atoms with van der Waals surface area (Å²) in [4.78, 5) is 32.9. The van der Waals surface area contributed by atoms with Crippen LogP contribution in [0.4, 0.5) is 16.2 Å². The van der Waals surface area contributed by atoms with E-state index >= 15 is 0 Å². The predicted molar refractivity (Wildman–Crippen MR) is 143 cm³/mol. The third-order valence-electron chi connectivity index (χ3n) is 8.45. The smallest absolute Gasteiger partial charge is 0.324 e. The first-order valence-corrected chi connectivity index (χ1v) is 13.4. The third kappa shape index (κ3) is 4.73. The van der Waals surface area contributed by atoms with Crippen LogP contribution < -0.4 is 9.80 Å². The monoisotopic (exact) mass is 487 g/mol. The van der Waals surface area contributed by atoms with Gasteiger partial charge in [0.1, 0.15) is 0 Å². The summed E-state index contributed by atoms with van der Waals surface area (Å²) >= 11 is 0. The van der Waals surface area contributed by atoms with Crippen molar-refractivity contribution in [1.29, 1.82) is 0 Å². The van der Waals surface area contributed by atoms with E-state index in [0.717, 1.165) is 43.5 Å². The molecule has 1 N–H and O–H groups in total. The van der Waals surface area contributed by atoms with Crippen molar-refractivity contribution in [2.45, 2.75) is 63.8 Å². The van der Waals surface area contributed by atoms with Crippen LogP contribution in [0.25, 0.3) is 0 Å². The fourth-order valence-electron chi connectivity index (χ4n) is 6.26. The number of benzene rings is 2. The Bertz CT molecular complexity index is 1100. The first-order chi connectivity index (χ1) is 17.5. The summed E-state index contributed by atoms with van der Waals surface area (Å²) in [6.45, 7) is 5.59. The van der Waals surface area contributed by atoms with Gasteiger partial charge in [-0.25, -0.2) is 4.79 Å². The number of fused-ring (bicyclic) bond motifs is 1. The predicted octanol–water partition coefficient (Wildman–Crippen LogP) is 6.08. The average Bonchev–Trinajstić information content (AvgIpc) is 3.34. The molecule has 2 fully saturated rings. The second kappa shape index (κ2) is 10.4. The van der Waals surface area contributed by atoms with E-state index in [0.29, 0.717) is 32.5 Å². The SMILES string of the molecule is C=C(O)C1(CC(=O)N(c2ccccc2)C2CCCCC2)CCN(C(=O)N2CCc3ccccc32)CC1. The third-order valence-corrected chi connectivity index (χ3v) is 8.45. The Morgan fingerprint density at radius 3 is 2.31 bits per heavy atom. The number of rotatable bonds is 5. The first kappa shape index (κ1) is 24.4. The summed E-state index contributed by atoms with van der Waals surface area (Å²) in [5.41, 5.74) is 2.41. The molecule has 5 rings (SSSR count). The second-order valence-corrected chi connectivity index (χ2v) is 10.6. The van der Waals surface area contributed by atoms with E-state index in [1.807, 2.05) is 63.2 Å². The van der Waals surface area contributed by atoms with E-state index in [9.17, 15) is 14.7 Å². The summed E-state index contributed by atoms with van der Waals surface area (Å²) in [5, 5.41) is 10.7. The fraction of sp³-hybridized carbons (Fsp3) is 0.467. The molecule has 2 aliphatic heterocycles. The zero-order valence-corrected chi connectivity index (χ0v) is 21.1. The van der Waals surface area contributed by atoms with E-state index in [4.69, 9.17) is 0 Å². The van der Waals surface area contributed by atoms with Crippen LogP contribution in [0.3, 0.4) is 0 Å². The van der Waals surface area contributed by atoms with E-state index in [1.165, 1.54) is 12.0 Å². The lowest BCUT2D eigenvalue weighted by atomic mass is 9.73. The number of hydrogen-bond donors (Lipinski definition) is 1. The molecule has 1 saturated heterocycles. The van der Waals surface area contributed by atoms with Crippen LogP contribution in [-0.2, 0) is 11.2 Å². The van der Waals surface area contributed by atoms with Gasteiger partial charge in [-0.2, -0.15) is 0 Å². The Balaban J connectivity index is 1.30. The van der Waals surface area contributed by atoms with Crippen LogP contribution in [0.2, 0.25) is 0 Å². The van der Waals surface area contributed by atoms with Crippen molar-refractivity contribution in [3.8, 4) is 0 Å². The maximum absolute atomic E-state index is 13.9. The van der Waals surface area contributed by atoms with Crippen LogP contribution in [0.15, 0.2) is 66.9 Å². The van der Waals surface area contributed by atoms with Gasteiger partial charge in [0.05, 0.1) is 5.76 Å². The number of likely N-dealkylation sites (tertiary alicyclic amines) is 1. The van der Waals surface area contributed by atoms with Crippen molar-refractivity contribution < 1.29 is 14.7 Å². The number of anilines is 2. The summed E-state index contributed by atoms with van der Waals surface area (Å²) in [7, 11) is 0. The molecule has 6 nitrogen and oxygen atoms in total. The number of urea groups is 1. The lowest BCUT2D eigenvalue weighted by Gasteiger charge is -2.43. The highest BCUT2D eigenvalue weighted by Gasteiger charge is 2.43. The minimum atomic E-state index is -0.710. The topological polar surface area (TPSA) is 64.1 Å². The molecule has 3 amide bonds. The summed E-state index contributed by atoms with van der Waals surface area (Å²) in [5.74, 6) is 0.0997. The lowest BCUT2D eigenvalue weighted by Crippen LogP contribution is -2.51. The summed E-state index contributed by atoms with van der Waals surface area (Å²) in [6.07, 6.45) is 7.65. The molecule has 0 aromatic heterocycles. The van der Waals surface area contributed by atoms with Crippen LogP contribution in [0.5, 0.6) is 0 Å². The van der Waals surface area contributed by atoms with Gasteiger partial charge in [0.15, 0.2) is 0 Å². The van der Waals surface area contributed by atoms with Gasteiger partial charge in [-0.15, -0.1) is 0 Å². The van der Waals surface area contributed by atoms with Crippen molar-refractivity contribution in [3.63, 3.8) is 0 Å². The lowest BCUT2D eigenvalue weighted by molar-refractivity contribution is -0.122. The fourth-order valence-corrected chi connectivity index (χ4v) is 6.26. The zero-order chi connectivity index (χ0) is 25.1. The van der Waals surface area contributed by atoms with Gasteiger partial charge in [0.25, 0.3) is 0 Å². The number of aliphatic hydroxyl groups excluding tert-OH is 1. The molecule has 6 heteroatoms. The van der Waals surface area contributed by atoms with Crippen LogP contribution >= 0.6 is 0 Å². The molecule has 0 bridgehead atoms. The number of allylic oxidation sites excluding steroid dienone is 1. The number of amides is 3. The molecule has 2 aromatic rings. The highest BCUT2D eigenvalue weighted by atomic mass is 16.3. The second-order valence-electron chi connectivity index (χ2n) is 10.6. The normalized spacial score (nSPS) is 19.6. The Labute approximate surface area is 214 Å². The molecule has 36 heavy (non-hydrogen) atoms. The summed E-state index contributed by atoms with van der Waals surface area (Å²) in [6, 6.07) is 18.2. The molecule has 2 heterocycles. The number of carbonyl (C=O) groups is 2. The van der Waals surface area contributed by atoms with E-state index in [-0.39, 0.29) is 30.2 Å². The van der Waals surface area contributed by atoms with Crippen molar-refractivity contribution in [2.24, 2.45) is 5.41 Å². The molecule has 0 spiro atoms. The standard InChI is InChI=1S/C30H37N3O3/c1-23(34)30(22-28(35)33(25-11-4-2-5-12-25)26-13-6-3-7-14-26)17-20-31(21-18-30)29(36)32-19-16-24-10-8-9-15-27(24)32/h2,4-5,8-12,15,26,34H,1,3,6-7,13-14,16-22H2. The highest BCUT2D eigenvalue weighted by molar-refractivity contribution is 5.95. The molecule has 0 atom stereocenters. The minimum absolute atomic E-state index is 0.0107. The zero-order valence-electron chi connectivity index (χ0n) is 21.1. The van der Waals surface area contributed by atoms with Crippen molar-refractivity contribution in [3.05, 3.63) is 72.5 Å².